The van der Waals surface area contributed by atoms with Gasteiger partial charge in [-0.15, -0.1) is 12.4 Å². The van der Waals surface area contributed by atoms with Gasteiger partial charge in [-0.2, -0.15) is 0 Å². The first-order chi connectivity index (χ1) is 4.04. The van der Waals surface area contributed by atoms with Crippen molar-refractivity contribution in [1.29, 1.82) is 0 Å². The zero-order chi connectivity index (χ0) is 7.07. The lowest BCUT2D eigenvalue weighted by atomic mass is 9.92. The molecular weight excluding hydrogens is 156 g/mol. The second-order valence-electron chi connectivity index (χ2n) is 2.79. The summed E-state index contributed by atoms with van der Waals surface area (Å²) in [6.45, 7) is 3.62. The van der Waals surface area contributed by atoms with Gasteiger partial charge in [0.15, 0.2) is 0 Å². The normalized spacial score (nSPS) is 21.8. The van der Waals surface area contributed by atoms with Gasteiger partial charge in [0.2, 0.25) is 5.78 Å². The van der Waals surface area contributed by atoms with Crippen molar-refractivity contribution in [1.82, 2.24) is 0 Å². The van der Waals surface area contributed by atoms with Crippen LogP contribution < -0.4 is 0 Å². The van der Waals surface area contributed by atoms with Gasteiger partial charge in [0, 0.05) is 0 Å². The summed E-state index contributed by atoms with van der Waals surface area (Å²) in [6.07, 6.45) is 0. The van der Waals surface area contributed by atoms with E-state index in [1.54, 1.807) is 13.8 Å². The Hall–Kier alpha value is -0.570. The van der Waals surface area contributed by atoms with Crippen molar-refractivity contribution < 1.29 is 14.3 Å². The molecule has 1 heterocycles. The highest BCUT2D eigenvalue weighted by atomic mass is 35.5. The highest BCUT2D eigenvalue weighted by Gasteiger charge is 2.41. The Balaban J connectivity index is 0.000000810. The molecule has 0 bridgehead atoms. The molecule has 0 aromatic carbocycles. The minimum Gasteiger partial charge on any atom is -0.459 e. The molecule has 0 amide bonds. The number of hydrogen-bond acceptors (Lipinski definition) is 3. The molecule has 0 aliphatic carbocycles. The van der Waals surface area contributed by atoms with Crippen LogP contribution in [0, 0.1) is 5.41 Å². The molecule has 58 valence electrons. The predicted molar refractivity (Wildman–Crippen MR) is 37.0 cm³/mol. The molecule has 1 aliphatic heterocycles. The van der Waals surface area contributed by atoms with Crippen molar-refractivity contribution in [3.05, 3.63) is 0 Å². The maximum absolute atomic E-state index is 10.8. The Morgan fingerprint density at radius 2 is 1.90 bits per heavy atom. The smallest absolute Gasteiger partial charge is 0.375 e. The molecule has 4 heteroatoms. The Morgan fingerprint density at radius 1 is 1.40 bits per heavy atom. The highest BCUT2D eigenvalue weighted by molar-refractivity contribution is 6.37. The van der Waals surface area contributed by atoms with E-state index in [0.29, 0.717) is 0 Å². The first-order valence-corrected chi connectivity index (χ1v) is 2.75. The van der Waals surface area contributed by atoms with Gasteiger partial charge in [-0.05, 0) is 13.8 Å². The second-order valence-corrected chi connectivity index (χ2v) is 2.79. The Bertz CT molecular complexity index is 174. The second kappa shape index (κ2) is 2.58. The van der Waals surface area contributed by atoms with E-state index in [1.807, 2.05) is 0 Å². The summed E-state index contributed by atoms with van der Waals surface area (Å²) in [5.41, 5.74) is -0.586. The lowest BCUT2D eigenvalue weighted by molar-refractivity contribution is -0.147. The SMILES string of the molecule is CC1(C)COC(=O)C1=O.Cl. The van der Waals surface area contributed by atoms with E-state index in [-0.39, 0.29) is 19.0 Å². The topological polar surface area (TPSA) is 43.4 Å². The lowest BCUT2D eigenvalue weighted by Crippen LogP contribution is -2.23. The third-order valence-electron chi connectivity index (χ3n) is 1.36. The van der Waals surface area contributed by atoms with Crippen molar-refractivity contribution in [2.75, 3.05) is 6.61 Å². The standard InChI is InChI=1S/C6H8O3.ClH/c1-6(2)3-9-5(8)4(6)7;/h3H2,1-2H3;1H. The molecule has 0 saturated carbocycles. The van der Waals surface area contributed by atoms with Gasteiger partial charge in [0.05, 0.1) is 5.41 Å². The number of halogens is 1. The molecule has 10 heavy (non-hydrogen) atoms. The first-order valence-electron chi connectivity index (χ1n) is 2.75. The van der Waals surface area contributed by atoms with Gasteiger partial charge >= 0.3 is 5.97 Å². The maximum Gasteiger partial charge on any atom is 0.375 e. The summed E-state index contributed by atoms with van der Waals surface area (Å²) in [4.78, 5) is 21.2. The number of ketones is 1. The molecule has 3 nitrogen and oxygen atoms in total. The Labute approximate surface area is 65.1 Å². The number of carbonyl (C=O) groups excluding carboxylic acids is 2. The molecule has 1 rings (SSSR count). The van der Waals surface area contributed by atoms with Crippen LogP contribution in [0.4, 0.5) is 0 Å². The van der Waals surface area contributed by atoms with E-state index < -0.39 is 17.2 Å². The summed E-state index contributed by atoms with van der Waals surface area (Å²) in [5, 5.41) is 0. The van der Waals surface area contributed by atoms with Gasteiger partial charge in [-0.25, -0.2) is 4.79 Å². The van der Waals surface area contributed by atoms with Crippen LogP contribution in [0.2, 0.25) is 0 Å². The fourth-order valence-electron chi connectivity index (χ4n) is 0.653. The fourth-order valence-corrected chi connectivity index (χ4v) is 0.653. The number of cyclic esters (lactones) is 1. The Morgan fingerprint density at radius 3 is 2.00 bits per heavy atom. The number of Topliss-reactive ketones (excluding diaryl/α,β-unsaturated/α-hetero) is 1. The van der Waals surface area contributed by atoms with E-state index in [9.17, 15) is 9.59 Å². The van der Waals surface area contributed by atoms with Crippen LogP contribution in [0.15, 0.2) is 0 Å². The van der Waals surface area contributed by atoms with Crippen molar-refractivity contribution in [2.24, 2.45) is 5.41 Å². The quantitative estimate of drug-likeness (QED) is 0.388. The average Bonchev–Trinajstić information content (AvgIpc) is 1.97. The van der Waals surface area contributed by atoms with E-state index in [1.165, 1.54) is 0 Å². The molecule has 0 spiro atoms. The van der Waals surface area contributed by atoms with Crippen LogP contribution in [0.25, 0.3) is 0 Å². The van der Waals surface area contributed by atoms with Gasteiger partial charge in [0.1, 0.15) is 6.61 Å². The van der Waals surface area contributed by atoms with Crippen LogP contribution in [-0.4, -0.2) is 18.4 Å². The number of carbonyl (C=O) groups is 2. The van der Waals surface area contributed by atoms with E-state index in [2.05, 4.69) is 4.74 Å². The molecule has 0 aromatic rings. The van der Waals surface area contributed by atoms with Crippen LogP contribution in [0.5, 0.6) is 0 Å². The molecule has 1 aliphatic rings. The highest BCUT2D eigenvalue weighted by Crippen LogP contribution is 2.23. The summed E-state index contributed by atoms with van der Waals surface area (Å²) in [5.74, 6) is -1.11. The number of rotatable bonds is 0. The largest absolute Gasteiger partial charge is 0.459 e. The summed E-state index contributed by atoms with van der Waals surface area (Å²) < 4.78 is 4.49. The van der Waals surface area contributed by atoms with Crippen molar-refractivity contribution in [3.8, 4) is 0 Å². The van der Waals surface area contributed by atoms with Gasteiger partial charge < -0.3 is 4.74 Å². The number of esters is 1. The molecule has 0 atom stereocenters. The van der Waals surface area contributed by atoms with Gasteiger partial charge in [0.25, 0.3) is 0 Å². The first kappa shape index (κ1) is 9.43. The Kier molecular flexibility index (Phi) is 2.43. The molecule has 0 radical (unpaired) electrons. The maximum atomic E-state index is 10.8. The lowest BCUT2D eigenvalue weighted by Gasteiger charge is -2.07. The average molecular weight is 165 g/mol. The van der Waals surface area contributed by atoms with Crippen LogP contribution in [0.3, 0.4) is 0 Å². The zero-order valence-electron chi connectivity index (χ0n) is 5.84. The van der Waals surface area contributed by atoms with E-state index in [0.717, 1.165) is 0 Å². The zero-order valence-corrected chi connectivity index (χ0v) is 6.66. The minimum absolute atomic E-state index is 0. The van der Waals surface area contributed by atoms with Crippen LogP contribution in [-0.2, 0) is 14.3 Å². The van der Waals surface area contributed by atoms with Crippen molar-refractivity contribution in [3.63, 3.8) is 0 Å². The van der Waals surface area contributed by atoms with Crippen molar-refractivity contribution >= 4 is 24.2 Å². The molecule has 0 aromatic heterocycles. The van der Waals surface area contributed by atoms with Gasteiger partial charge in [-0.1, -0.05) is 0 Å². The number of hydrogen-bond donors (Lipinski definition) is 0. The molecule has 1 saturated heterocycles. The van der Waals surface area contributed by atoms with E-state index in [4.69, 9.17) is 0 Å². The molecular formula is C6H9ClO3. The summed E-state index contributed by atoms with van der Waals surface area (Å²) in [7, 11) is 0. The van der Waals surface area contributed by atoms with Crippen molar-refractivity contribution in [2.45, 2.75) is 13.8 Å². The predicted octanol–water partition coefficient (Wildman–Crippen LogP) is 0.560. The minimum atomic E-state index is -0.694. The van der Waals surface area contributed by atoms with E-state index >= 15 is 0 Å². The van der Waals surface area contributed by atoms with Gasteiger partial charge in [-0.3, -0.25) is 4.79 Å². The monoisotopic (exact) mass is 164 g/mol. The number of ether oxygens (including phenoxy) is 1. The fraction of sp³-hybridized carbons (Fsp3) is 0.667. The summed E-state index contributed by atoms with van der Waals surface area (Å²) in [6, 6.07) is 0. The molecule has 0 unspecified atom stereocenters. The molecule has 1 fully saturated rings. The third kappa shape index (κ3) is 1.29. The molecule has 0 N–H and O–H groups in total. The van der Waals surface area contributed by atoms with Crippen LogP contribution in [0.1, 0.15) is 13.8 Å². The van der Waals surface area contributed by atoms with Crippen LogP contribution >= 0.6 is 12.4 Å². The third-order valence-corrected chi connectivity index (χ3v) is 1.36. The summed E-state index contributed by atoms with van der Waals surface area (Å²) >= 11 is 0.